The summed E-state index contributed by atoms with van der Waals surface area (Å²) in [5, 5.41) is 0. The molecule has 0 unspecified atom stereocenters. The minimum absolute atomic E-state index is 0.0746. The Labute approximate surface area is 189 Å². The first-order valence-corrected chi connectivity index (χ1v) is 11.0. The van der Waals surface area contributed by atoms with Crippen LogP contribution in [0.5, 0.6) is 0 Å². The van der Waals surface area contributed by atoms with Crippen LogP contribution in [-0.4, -0.2) is 54.0 Å². The van der Waals surface area contributed by atoms with Crippen molar-refractivity contribution in [2.75, 3.05) is 19.7 Å². The van der Waals surface area contributed by atoms with Crippen molar-refractivity contribution in [2.45, 2.75) is 59.2 Å². The topological polar surface area (TPSA) is 99.2 Å². The SMILES string of the molecule is CCOC(=O)CC(=O)[C@H]1CC[C@@H](C(=O)OC(C)(C)C)CN(C(=O)OCc2ccccc2)C1. The van der Waals surface area contributed by atoms with Crippen molar-refractivity contribution in [2.24, 2.45) is 11.8 Å². The summed E-state index contributed by atoms with van der Waals surface area (Å²) in [5.74, 6) is -2.50. The summed E-state index contributed by atoms with van der Waals surface area (Å²) in [6, 6.07) is 9.23. The molecule has 0 radical (unpaired) electrons. The Hall–Kier alpha value is -2.90. The van der Waals surface area contributed by atoms with Gasteiger partial charge in [-0.1, -0.05) is 30.3 Å². The van der Waals surface area contributed by atoms with Crippen LogP contribution in [0.15, 0.2) is 30.3 Å². The number of hydrogen-bond donors (Lipinski definition) is 0. The molecule has 0 saturated carbocycles. The second kappa shape index (κ2) is 11.6. The Morgan fingerprint density at radius 2 is 1.59 bits per heavy atom. The minimum Gasteiger partial charge on any atom is -0.466 e. The van der Waals surface area contributed by atoms with Crippen LogP contribution in [0, 0.1) is 11.8 Å². The molecule has 1 aromatic rings. The number of ether oxygens (including phenoxy) is 3. The van der Waals surface area contributed by atoms with Crippen LogP contribution in [0.25, 0.3) is 0 Å². The Kier molecular flexibility index (Phi) is 9.23. The molecule has 1 aromatic carbocycles. The van der Waals surface area contributed by atoms with Crippen molar-refractivity contribution in [3.8, 4) is 0 Å². The maximum atomic E-state index is 12.8. The van der Waals surface area contributed by atoms with Crippen LogP contribution < -0.4 is 0 Å². The maximum absolute atomic E-state index is 12.8. The highest BCUT2D eigenvalue weighted by Gasteiger charge is 2.36. The average Bonchev–Trinajstić information content (AvgIpc) is 2.95. The third-order valence-electron chi connectivity index (χ3n) is 5.03. The standard InChI is InChI=1S/C24H33NO7/c1-5-30-21(27)13-20(26)18-11-12-19(22(28)32-24(2,3)4)15-25(14-18)23(29)31-16-17-9-7-6-8-10-17/h6-10,18-19H,5,11-16H2,1-4H3/t18-,19+/m0/s1. The fraction of sp³-hybridized carbons (Fsp3) is 0.583. The molecule has 0 aliphatic carbocycles. The molecule has 1 fully saturated rings. The molecule has 1 amide bonds. The van der Waals surface area contributed by atoms with E-state index in [4.69, 9.17) is 14.2 Å². The molecule has 1 aliphatic heterocycles. The fourth-order valence-electron chi connectivity index (χ4n) is 3.49. The zero-order chi connectivity index (χ0) is 23.7. The molecule has 0 N–H and O–H groups in total. The number of carbonyl (C=O) groups excluding carboxylic acids is 4. The van der Waals surface area contributed by atoms with Gasteiger partial charge in [0.1, 0.15) is 24.4 Å². The van der Waals surface area contributed by atoms with Crippen molar-refractivity contribution in [3.05, 3.63) is 35.9 Å². The van der Waals surface area contributed by atoms with E-state index < -0.39 is 35.5 Å². The highest BCUT2D eigenvalue weighted by Crippen LogP contribution is 2.26. The summed E-state index contributed by atoms with van der Waals surface area (Å²) >= 11 is 0. The van der Waals surface area contributed by atoms with Crippen LogP contribution in [0.1, 0.15) is 52.5 Å². The van der Waals surface area contributed by atoms with E-state index >= 15 is 0 Å². The maximum Gasteiger partial charge on any atom is 0.410 e. The Morgan fingerprint density at radius 1 is 0.969 bits per heavy atom. The molecule has 0 aromatic heterocycles. The van der Waals surface area contributed by atoms with Crippen LogP contribution >= 0.6 is 0 Å². The molecule has 2 atom stereocenters. The van der Waals surface area contributed by atoms with Gasteiger partial charge in [0.2, 0.25) is 0 Å². The number of Topliss-reactive ketones (excluding diaryl/α,β-unsaturated/α-hetero) is 1. The van der Waals surface area contributed by atoms with E-state index in [-0.39, 0.29) is 38.5 Å². The first-order valence-electron chi connectivity index (χ1n) is 11.0. The number of benzene rings is 1. The average molecular weight is 448 g/mol. The monoisotopic (exact) mass is 447 g/mol. The smallest absolute Gasteiger partial charge is 0.410 e. The van der Waals surface area contributed by atoms with E-state index in [2.05, 4.69) is 0 Å². The van der Waals surface area contributed by atoms with Crippen molar-refractivity contribution in [1.82, 2.24) is 4.90 Å². The molecular formula is C24H33NO7. The van der Waals surface area contributed by atoms with Gasteiger partial charge in [0, 0.05) is 19.0 Å². The predicted molar refractivity (Wildman–Crippen MR) is 117 cm³/mol. The van der Waals surface area contributed by atoms with E-state index in [0.29, 0.717) is 12.8 Å². The van der Waals surface area contributed by atoms with Crippen LogP contribution in [0.4, 0.5) is 4.79 Å². The summed E-state index contributed by atoms with van der Waals surface area (Å²) < 4.78 is 15.8. The number of likely N-dealkylation sites (tertiary alicyclic amines) is 1. The number of hydrogen-bond acceptors (Lipinski definition) is 7. The lowest BCUT2D eigenvalue weighted by Crippen LogP contribution is -2.41. The highest BCUT2D eigenvalue weighted by molar-refractivity contribution is 5.97. The Bertz CT molecular complexity index is 800. The van der Waals surface area contributed by atoms with Crippen molar-refractivity contribution < 1.29 is 33.4 Å². The Balaban J connectivity index is 2.12. The molecular weight excluding hydrogens is 414 g/mol. The summed E-state index contributed by atoms with van der Waals surface area (Å²) in [6.45, 7) is 7.43. The van der Waals surface area contributed by atoms with E-state index in [9.17, 15) is 19.2 Å². The number of amides is 1. The predicted octanol–water partition coefficient (Wildman–Crippen LogP) is 3.52. The van der Waals surface area contributed by atoms with Gasteiger partial charge in [-0.05, 0) is 46.1 Å². The summed E-state index contributed by atoms with van der Waals surface area (Å²) in [7, 11) is 0. The number of nitrogens with zero attached hydrogens (tertiary/aromatic N) is 1. The normalized spacial score (nSPS) is 18.9. The molecule has 1 saturated heterocycles. The first-order chi connectivity index (χ1) is 15.1. The minimum atomic E-state index is -0.666. The third kappa shape index (κ3) is 8.32. The summed E-state index contributed by atoms with van der Waals surface area (Å²) in [6.07, 6.45) is -0.234. The molecule has 32 heavy (non-hydrogen) atoms. The van der Waals surface area contributed by atoms with Crippen LogP contribution in [0.2, 0.25) is 0 Å². The van der Waals surface area contributed by atoms with Crippen molar-refractivity contribution >= 4 is 23.8 Å². The molecule has 0 spiro atoms. The molecule has 0 bridgehead atoms. The third-order valence-corrected chi connectivity index (χ3v) is 5.03. The zero-order valence-corrected chi connectivity index (χ0v) is 19.3. The van der Waals surface area contributed by atoms with Gasteiger partial charge < -0.3 is 19.1 Å². The van der Waals surface area contributed by atoms with Gasteiger partial charge in [-0.25, -0.2) is 4.79 Å². The van der Waals surface area contributed by atoms with Gasteiger partial charge in [-0.15, -0.1) is 0 Å². The largest absolute Gasteiger partial charge is 0.466 e. The van der Waals surface area contributed by atoms with Gasteiger partial charge in [-0.2, -0.15) is 0 Å². The molecule has 2 rings (SSSR count). The summed E-state index contributed by atoms with van der Waals surface area (Å²) in [4.78, 5) is 51.3. The fourth-order valence-corrected chi connectivity index (χ4v) is 3.49. The van der Waals surface area contributed by atoms with Crippen molar-refractivity contribution in [3.63, 3.8) is 0 Å². The first kappa shape index (κ1) is 25.4. The highest BCUT2D eigenvalue weighted by atomic mass is 16.6. The quantitative estimate of drug-likeness (QED) is 0.358. The van der Waals surface area contributed by atoms with Gasteiger partial charge in [0.25, 0.3) is 0 Å². The van der Waals surface area contributed by atoms with Gasteiger partial charge in [0.15, 0.2) is 0 Å². The van der Waals surface area contributed by atoms with Crippen LogP contribution in [0.3, 0.4) is 0 Å². The van der Waals surface area contributed by atoms with Gasteiger partial charge in [0.05, 0.1) is 12.5 Å². The molecule has 1 heterocycles. The van der Waals surface area contributed by atoms with Gasteiger partial charge in [-0.3, -0.25) is 14.4 Å². The molecule has 8 nitrogen and oxygen atoms in total. The number of ketones is 1. The Morgan fingerprint density at radius 3 is 2.22 bits per heavy atom. The molecule has 8 heteroatoms. The van der Waals surface area contributed by atoms with Gasteiger partial charge >= 0.3 is 18.0 Å². The molecule has 176 valence electrons. The lowest BCUT2D eigenvalue weighted by molar-refractivity contribution is -0.160. The lowest BCUT2D eigenvalue weighted by atomic mass is 9.93. The second-order valence-electron chi connectivity index (χ2n) is 8.90. The second-order valence-corrected chi connectivity index (χ2v) is 8.90. The van der Waals surface area contributed by atoms with Crippen LogP contribution in [-0.2, 0) is 35.2 Å². The van der Waals surface area contributed by atoms with E-state index in [1.54, 1.807) is 27.7 Å². The number of esters is 2. The number of rotatable bonds is 7. The number of carbonyl (C=O) groups is 4. The van der Waals surface area contributed by atoms with E-state index in [1.165, 1.54) is 4.90 Å². The van der Waals surface area contributed by atoms with E-state index in [1.807, 2.05) is 30.3 Å². The van der Waals surface area contributed by atoms with E-state index in [0.717, 1.165) is 5.56 Å². The lowest BCUT2D eigenvalue weighted by Gasteiger charge is -2.27. The summed E-state index contributed by atoms with van der Waals surface area (Å²) in [5.41, 5.74) is 0.163. The van der Waals surface area contributed by atoms with Crippen molar-refractivity contribution in [1.29, 1.82) is 0 Å². The molecule has 1 aliphatic rings. The zero-order valence-electron chi connectivity index (χ0n) is 19.3.